The molecule has 2 aromatic rings. The van der Waals surface area contributed by atoms with Gasteiger partial charge in [-0.25, -0.2) is 0 Å². The number of carbonyl (C=O) groups excluding carboxylic acids is 1. The van der Waals surface area contributed by atoms with Crippen molar-refractivity contribution in [1.82, 2.24) is 10.2 Å². The molecule has 0 saturated carbocycles. The van der Waals surface area contributed by atoms with Crippen LogP contribution in [-0.4, -0.2) is 22.6 Å². The number of aryl methyl sites for hydroxylation is 1. The number of amides is 1. The number of carbonyl (C=O) groups is 1. The van der Waals surface area contributed by atoms with E-state index in [0.717, 1.165) is 12.1 Å². The van der Waals surface area contributed by atoms with E-state index in [4.69, 9.17) is 0 Å². The number of anilines is 2. The Hall–Kier alpha value is -2.69. The molecule has 108 valence electrons. The monoisotopic (exact) mass is 282 g/mol. The average molecular weight is 282 g/mol. The largest absolute Gasteiger partial charge is 0.365 e. The number of aromatic nitrogens is 2. The lowest BCUT2D eigenvalue weighted by Crippen LogP contribution is -2.15. The number of benzene rings is 1. The molecule has 2 rings (SSSR count). The summed E-state index contributed by atoms with van der Waals surface area (Å²) in [5.41, 5.74) is 2.25. The molecule has 0 fully saturated rings. The highest BCUT2D eigenvalue weighted by Crippen LogP contribution is 2.11. The fourth-order valence-electron chi connectivity index (χ4n) is 1.74. The van der Waals surface area contributed by atoms with Crippen LogP contribution in [0.15, 0.2) is 49.1 Å². The molecule has 0 aliphatic rings. The van der Waals surface area contributed by atoms with Gasteiger partial charge in [0.15, 0.2) is 5.69 Å². The van der Waals surface area contributed by atoms with E-state index in [1.807, 2.05) is 24.3 Å². The van der Waals surface area contributed by atoms with Crippen LogP contribution in [0.1, 0.15) is 23.0 Å². The van der Waals surface area contributed by atoms with Gasteiger partial charge in [0.1, 0.15) is 5.82 Å². The Bertz CT molecular complexity index is 605. The van der Waals surface area contributed by atoms with Gasteiger partial charge in [-0.3, -0.25) is 4.79 Å². The van der Waals surface area contributed by atoms with Crippen molar-refractivity contribution in [2.45, 2.75) is 13.3 Å². The van der Waals surface area contributed by atoms with Crippen molar-refractivity contribution in [2.24, 2.45) is 0 Å². The molecule has 0 aliphatic carbocycles. The number of nitrogens with one attached hydrogen (secondary N) is 2. The van der Waals surface area contributed by atoms with Crippen molar-refractivity contribution in [3.05, 3.63) is 60.3 Å². The Kier molecular flexibility index (Phi) is 5.04. The van der Waals surface area contributed by atoms with E-state index < -0.39 is 0 Å². The lowest BCUT2D eigenvalue weighted by atomic mass is 10.1. The van der Waals surface area contributed by atoms with E-state index in [9.17, 15) is 4.79 Å². The van der Waals surface area contributed by atoms with Crippen LogP contribution in [-0.2, 0) is 6.42 Å². The molecule has 0 spiro atoms. The van der Waals surface area contributed by atoms with Gasteiger partial charge in [0, 0.05) is 12.2 Å². The first kappa shape index (κ1) is 14.7. The molecule has 0 bridgehead atoms. The zero-order valence-corrected chi connectivity index (χ0v) is 12.0. The number of rotatable bonds is 6. The van der Waals surface area contributed by atoms with Crippen LogP contribution in [0.2, 0.25) is 0 Å². The summed E-state index contributed by atoms with van der Waals surface area (Å²) in [4.78, 5) is 12.0. The van der Waals surface area contributed by atoms with Crippen LogP contribution in [0, 0.1) is 0 Å². The molecule has 1 heterocycles. The maximum atomic E-state index is 12.0. The zero-order valence-electron chi connectivity index (χ0n) is 12.0. The van der Waals surface area contributed by atoms with E-state index in [1.165, 1.54) is 5.56 Å². The molecule has 1 amide bonds. The summed E-state index contributed by atoms with van der Waals surface area (Å²) in [7, 11) is 0. The first-order chi connectivity index (χ1) is 10.2. The highest BCUT2D eigenvalue weighted by Gasteiger charge is 2.08. The van der Waals surface area contributed by atoms with Crippen LogP contribution in [0.5, 0.6) is 0 Å². The average Bonchev–Trinajstić information content (AvgIpc) is 2.54. The van der Waals surface area contributed by atoms with E-state index in [1.54, 1.807) is 18.2 Å². The third kappa shape index (κ3) is 4.14. The summed E-state index contributed by atoms with van der Waals surface area (Å²) in [5, 5.41) is 13.6. The Labute approximate surface area is 124 Å². The second kappa shape index (κ2) is 7.19. The van der Waals surface area contributed by atoms with Crippen LogP contribution in [0.25, 0.3) is 0 Å². The fraction of sp³-hybridized carbons (Fsp3) is 0.188. The van der Waals surface area contributed by atoms with Gasteiger partial charge in [-0.05, 0) is 36.2 Å². The van der Waals surface area contributed by atoms with Gasteiger partial charge in [0.25, 0.3) is 5.91 Å². The Morgan fingerprint density at radius 3 is 2.52 bits per heavy atom. The van der Waals surface area contributed by atoms with Crippen molar-refractivity contribution >= 4 is 17.4 Å². The van der Waals surface area contributed by atoms with Crippen molar-refractivity contribution in [3.63, 3.8) is 0 Å². The second-order valence-electron chi connectivity index (χ2n) is 4.48. The topological polar surface area (TPSA) is 66.9 Å². The Balaban J connectivity index is 2.00. The first-order valence-electron chi connectivity index (χ1n) is 6.81. The van der Waals surface area contributed by atoms with E-state index >= 15 is 0 Å². The van der Waals surface area contributed by atoms with Gasteiger partial charge in [-0.15, -0.1) is 16.8 Å². The van der Waals surface area contributed by atoms with Gasteiger partial charge < -0.3 is 10.6 Å². The van der Waals surface area contributed by atoms with E-state index in [0.29, 0.717) is 12.4 Å². The lowest BCUT2D eigenvalue weighted by Gasteiger charge is -2.06. The summed E-state index contributed by atoms with van der Waals surface area (Å²) in [6.07, 6.45) is 2.70. The van der Waals surface area contributed by atoms with Crippen LogP contribution < -0.4 is 10.6 Å². The first-order valence-corrected chi connectivity index (χ1v) is 6.81. The summed E-state index contributed by atoms with van der Waals surface area (Å²) in [6.45, 7) is 6.30. The highest BCUT2D eigenvalue weighted by atomic mass is 16.1. The molecule has 0 saturated heterocycles. The van der Waals surface area contributed by atoms with Crippen molar-refractivity contribution < 1.29 is 4.79 Å². The third-order valence-corrected chi connectivity index (χ3v) is 2.94. The third-order valence-electron chi connectivity index (χ3n) is 2.94. The van der Waals surface area contributed by atoms with Crippen molar-refractivity contribution in [3.8, 4) is 0 Å². The minimum Gasteiger partial charge on any atom is -0.365 e. The molecule has 0 radical (unpaired) electrons. The maximum Gasteiger partial charge on any atom is 0.276 e. The smallest absolute Gasteiger partial charge is 0.276 e. The number of hydrogen-bond acceptors (Lipinski definition) is 4. The zero-order chi connectivity index (χ0) is 15.1. The predicted octanol–water partition coefficient (Wildman–Crippen LogP) is 2.89. The molecular formula is C16H18N4O. The number of nitrogens with zero attached hydrogens (tertiary/aromatic N) is 2. The molecule has 21 heavy (non-hydrogen) atoms. The minimum atomic E-state index is -0.276. The highest BCUT2D eigenvalue weighted by molar-refractivity contribution is 6.02. The van der Waals surface area contributed by atoms with E-state index in [-0.39, 0.29) is 11.6 Å². The maximum absolute atomic E-state index is 12.0. The second-order valence-corrected chi connectivity index (χ2v) is 4.48. The summed E-state index contributed by atoms with van der Waals surface area (Å²) < 4.78 is 0. The summed E-state index contributed by atoms with van der Waals surface area (Å²) >= 11 is 0. The summed E-state index contributed by atoms with van der Waals surface area (Å²) in [5.74, 6) is 0.334. The normalized spacial score (nSPS) is 9.95. The molecule has 0 atom stereocenters. The molecule has 1 aromatic carbocycles. The van der Waals surface area contributed by atoms with Gasteiger partial charge in [0.2, 0.25) is 0 Å². The Morgan fingerprint density at radius 1 is 1.19 bits per heavy atom. The predicted molar refractivity (Wildman–Crippen MR) is 84.5 cm³/mol. The molecule has 0 aliphatic heterocycles. The van der Waals surface area contributed by atoms with Crippen molar-refractivity contribution in [1.29, 1.82) is 0 Å². The van der Waals surface area contributed by atoms with Crippen molar-refractivity contribution in [2.75, 3.05) is 17.2 Å². The SMILES string of the molecule is C=CCNc1ccc(C(=O)Nc2ccc(CC)cc2)nn1. The van der Waals surface area contributed by atoms with E-state index in [2.05, 4.69) is 34.3 Å². The minimum absolute atomic E-state index is 0.276. The standard InChI is InChI=1S/C16H18N4O/c1-3-11-17-15-10-9-14(19-20-15)16(21)18-13-7-5-12(4-2)6-8-13/h3,5-10H,1,4,11H2,2H3,(H,17,20)(H,18,21). The van der Waals surface area contributed by atoms with Crippen LogP contribution in [0.3, 0.4) is 0 Å². The molecular weight excluding hydrogens is 264 g/mol. The molecule has 2 N–H and O–H groups in total. The lowest BCUT2D eigenvalue weighted by molar-refractivity contribution is 0.102. The van der Waals surface area contributed by atoms with Crippen LogP contribution in [0.4, 0.5) is 11.5 Å². The quantitative estimate of drug-likeness (QED) is 0.799. The summed E-state index contributed by atoms with van der Waals surface area (Å²) in [6, 6.07) is 11.1. The number of hydrogen-bond donors (Lipinski definition) is 2. The van der Waals surface area contributed by atoms with Gasteiger partial charge in [-0.2, -0.15) is 0 Å². The molecule has 5 heteroatoms. The molecule has 5 nitrogen and oxygen atoms in total. The van der Waals surface area contributed by atoms with Gasteiger partial charge >= 0.3 is 0 Å². The fourth-order valence-corrected chi connectivity index (χ4v) is 1.74. The van der Waals surface area contributed by atoms with Gasteiger partial charge in [0.05, 0.1) is 0 Å². The molecule has 0 unspecified atom stereocenters. The Morgan fingerprint density at radius 2 is 1.95 bits per heavy atom. The van der Waals surface area contributed by atoms with Crippen LogP contribution >= 0.6 is 0 Å². The molecule has 1 aromatic heterocycles. The van der Waals surface area contributed by atoms with Gasteiger partial charge in [-0.1, -0.05) is 25.1 Å².